The summed E-state index contributed by atoms with van der Waals surface area (Å²) < 4.78 is 17.3. The van der Waals surface area contributed by atoms with Crippen LogP contribution < -0.4 is 0 Å². The summed E-state index contributed by atoms with van der Waals surface area (Å²) in [6, 6.07) is 0. The molecule has 0 unspecified atom stereocenters. The van der Waals surface area contributed by atoms with Gasteiger partial charge in [-0.05, 0) is 6.08 Å². The molecule has 0 saturated heterocycles. The zero-order valence-electron chi connectivity index (χ0n) is 6.06. The Morgan fingerprint density at radius 1 is 1.70 bits per heavy atom. The van der Waals surface area contributed by atoms with Crippen LogP contribution in [0.2, 0.25) is 0 Å². The second kappa shape index (κ2) is 4.94. The summed E-state index contributed by atoms with van der Waals surface area (Å²) in [6.07, 6.45) is 2.62. The van der Waals surface area contributed by atoms with E-state index < -0.39 is 0 Å². The lowest BCUT2D eigenvalue weighted by Gasteiger charge is -1.98. The highest BCUT2D eigenvalue weighted by molar-refractivity contribution is 5.25. The van der Waals surface area contributed by atoms with Crippen LogP contribution in [0.4, 0.5) is 4.39 Å². The van der Waals surface area contributed by atoms with Crippen molar-refractivity contribution in [3.8, 4) is 0 Å². The summed E-state index contributed by atoms with van der Waals surface area (Å²) >= 11 is 0. The maximum absolute atomic E-state index is 12.6. The molecule has 0 aromatic rings. The molecule has 56 valence electrons. The summed E-state index contributed by atoms with van der Waals surface area (Å²) in [5.74, 6) is -0.378. The number of rotatable bonds is 4. The zero-order valence-corrected chi connectivity index (χ0v) is 6.06. The van der Waals surface area contributed by atoms with Crippen LogP contribution in [-0.4, -0.2) is 13.7 Å². The Morgan fingerprint density at radius 3 is 2.70 bits per heavy atom. The van der Waals surface area contributed by atoms with Gasteiger partial charge < -0.3 is 4.74 Å². The van der Waals surface area contributed by atoms with E-state index >= 15 is 0 Å². The summed E-state index contributed by atoms with van der Waals surface area (Å²) in [4.78, 5) is 0. The molecule has 2 heteroatoms. The first-order chi connectivity index (χ1) is 4.72. The number of hydrogen-bond acceptors (Lipinski definition) is 1. The second-order valence-corrected chi connectivity index (χ2v) is 1.79. The van der Waals surface area contributed by atoms with Crippen molar-refractivity contribution in [3.05, 3.63) is 36.7 Å². The Labute approximate surface area is 60.5 Å². The Morgan fingerprint density at radius 2 is 2.30 bits per heavy atom. The smallest absolute Gasteiger partial charge is 0.128 e. The van der Waals surface area contributed by atoms with E-state index in [1.54, 1.807) is 0 Å². The molecule has 0 aliphatic heterocycles. The Kier molecular flexibility index (Phi) is 4.50. The largest absolute Gasteiger partial charge is 0.380 e. The van der Waals surface area contributed by atoms with Crippen molar-refractivity contribution in [1.29, 1.82) is 0 Å². The number of halogens is 1. The predicted octanol–water partition coefficient (Wildman–Crippen LogP) is 2.23. The van der Waals surface area contributed by atoms with Gasteiger partial charge in [0.1, 0.15) is 5.83 Å². The summed E-state index contributed by atoms with van der Waals surface area (Å²) in [7, 11) is 1.49. The molecule has 10 heavy (non-hydrogen) atoms. The van der Waals surface area contributed by atoms with Gasteiger partial charge in [0.25, 0.3) is 0 Å². The van der Waals surface area contributed by atoms with Crippen molar-refractivity contribution < 1.29 is 9.13 Å². The Balaban J connectivity index is 3.93. The highest BCUT2D eigenvalue weighted by Gasteiger charge is 1.97. The minimum atomic E-state index is -0.378. The van der Waals surface area contributed by atoms with E-state index in [4.69, 9.17) is 0 Å². The van der Waals surface area contributed by atoms with E-state index in [1.165, 1.54) is 19.3 Å². The molecule has 0 atom stereocenters. The van der Waals surface area contributed by atoms with Crippen LogP contribution >= 0.6 is 0 Å². The monoisotopic (exact) mass is 142 g/mol. The summed E-state index contributed by atoms with van der Waals surface area (Å²) in [6.45, 7) is 7.01. The van der Waals surface area contributed by atoms with Gasteiger partial charge in [0, 0.05) is 12.7 Å². The highest BCUT2D eigenvalue weighted by Crippen LogP contribution is 2.08. The van der Waals surface area contributed by atoms with Gasteiger partial charge in [-0.15, -0.1) is 0 Å². The molecule has 1 nitrogen and oxygen atoms in total. The van der Waals surface area contributed by atoms with Gasteiger partial charge >= 0.3 is 0 Å². The van der Waals surface area contributed by atoms with E-state index in [0.717, 1.165) is 0 Å². The van der Waals surface area contributed by atoms with Crippen LogP contribution in [0.25, 0.3) is 0 Å². The third-order valence-electron chi connectivity index (χ3n) is 0.921. The van der Waals surface area contributed by atoms with Crippen LogP contribution in [0.1, 0.15) is 0 Å². The molecule has 0 radical (unpaired) electrons. The quantitative estimate of drug-likeness (QED) is 0.547. The van der Waals surface area contributed by atoms with Crippen molar-refractivity contribution >= 4 is 0 Å². The van der Waals surface area contributed by atoms with Crippen LogP contribution in [0.15, 0.2) is 36.7 Å². The maximum Gasteiger partial charge on any atom is 0.128 e. The predicted molar refractivity (Wildman–Crippen MR) is 40.4 cm³/mol. The molecular formula is C8H11FO. The molecule has 0 bridgehead atoms. The van der Waals surface area contributed by atoms with Crippen LogP contribution in [-0.2, 0) is 4.74 Å². The molecule has 0 N–H and O–H groups in total. The second-order valence-electron chi connectivity index (χ2n) is 1.79. The number of ether oxygens (including phenoxy) is 1. The fraction of sp³-hybridized carbons (Fsp3) is 0.250. The van der Waals surface area contributed by atoms with Crippen LogP contribution in [0.5, 0.6) is 0 Å². The Hall–Kier alpha value is -0.890. The standard InChI is InChI=1S/C8H11FO/c1-4-5-8(9)7(2)6-10-3/h4-5H,1-2,6H2,3H3/b8-5+. The lowest BCUT2D eigenvalue weighted by molar-refractivity contribution is 0.225. The molecule has 0 rings (SSSR count). The normalized spacial score (nSPS) is 11.2. The third-order valence-corrected chi connectivity index (χ3v) is 0.921. The molecule has 0 spiro atoms. The van der Waals surface area contributed by atoms with Crippen molar-refractivity contribution in [2.45, 2.75) is 0 Å². The van der Waals surface area contributed by atoms with E-state index in [0.29, 0.717) is 5.57 Å². The third kappa shape index (κ3) is 3.20. The van der Waals surface area contributed by atoms with Crippen molar-refractivity contribution in [1.82, 2.24) is 0 Å². The molecule has 0 aromatic heterocycles. The molecule has 0 amide bonds. The zero-order chi connectivity index (χ0) is 7.98. The molecule has 0 aliphatic rings. The number of allylic oxidation sites excluding steroid dienone is 2. The fourth-order valence-electron chi connectivity index (χ4n) is 0.464. The van der Waals surface area contributed by atoms with Crippen LogP contribution in [0.3, 0.4) is 0 Å². The van der Waals surface area contributed by atoms with Gasteiger partial charge in [-0.25, -0.2) is 4.39 Å². The lowest BCUT2D eigenvalue weighted by Crippen LogP contribution is -1.92. The van der Waals surface area contributed by atoms with Crippen molar-refractivity contribution in [3.63, 3.8) is 0 Å². The fourth-order valence-corrected chi connectivity index (χ4v) is 0.464. The average molecular weight is 142 g/mol. The molecule has 0 heterocycles. The molecule has 0 aliphatic carbocycles. The number of hydrogen-bond donors (Lipinski definition) is 0. The van der Waals surface area contributed by atoms with E-state index in [9.17, 15) is 4.39 Å². The maximum atomic E-state index is 12.6. The minimum Gasteiger partial charge on any atom is -0.380 e. The van der Waals surface area contributed by atoms with E-state index in [1.807, 2.05) is 0 Å². The van der Waals surface area contributed by atoms with Gasteiger partial charge in [-0.1, -0.05) is 19.2 Å². The molecule has 0 saturated carbocycles. The van der Waals surface area contributed by atoms with E-state index in [-0.39, 0.29) is 12.4 Å². The van der Waals surface area contributed by atoms with Gasteiger partial charge in [0.05, 0.1) is 6.61 Å². The summed E-state index contributed by atoms with van der Waals surface area (Å²) in [5, 5.41) is 0. The van der Waals surface area contributed by atoms with Gasteiger partial charge in [0.15, 0.2) is 0 Å². The van der Waals surface area contributed by atoms with Crippen molar-refractivity contribution in [2.75, 3.05) is 13.7 Å². The Bertz CT molecular complexity index is 159. The lowest BCUT2D eigenvalue weighted by atomic mass is 10.2. The van der Waals surface area contributed by atoms with Gasteiger partial charge in [-0.3, -0.25) is 0 Å². The van der Waals surface area contributed by atoms with Crippen molar-refractivity contribution in [2.24, 2.45) is 0 Å². The summed E-state index contributed by atoms with van der Waals surface area (Å²) in [5.41, 5.74) is 0.336. The highest BCUT2D eigenvalue weighted by atomic mass is 19.1. The first kappa shape index (κ1) is 9.11. The van der Waals surface area contributed by atoms with E-state index in [2.05, 4.69) is 17.9 Å². The van der Waals surface area contributed by atoms with Gasteiger partial charge in [-0.2, -0.15) is 0 Å². The molecule has 0 fully saturated rings. The minimum absolute atomic E-state index is 0.218. The van der Waals surface area contributed by atoms with Crippen LogP contribution in [0, 0.1) is 0 Å². The number of methoxy groups -OCH3 is 1. The topological polar surface area (TPSA) is 9.23 Å². The average Bonchev–Trinajstić information content (AvgIpc) is 1.89. The first-order valence-corrected chi connectivity index (χ1v) is 2.87. The molecule has 0 aromatic carbocycles. The van der Waals surface area contributed by atoms with Gasteiger partial charge in [0.2, 0.25) is 0 Å². The SMILES string of the molecule is C=C/C=C(/F)C(=C)COC. The first-order valence-electron chi connectivity index (χ1n) is 2.87. The molecular weight excluding hydrogens is 131 g/mol.